The van der Waals surface area contributed by atoms with Crippen molar-refractivity contribution in [3.05, 3.63) is 59.2 Å². The first-order chi connectivity index (χ1) is 9.93. The minimum Gasteiger partial charge on any atom is -0.480 e. The summed E-state index contributed by atoms with van der Waals surface area (Å²) < 4.78 is 0. The summed E-state index contributed by atoms with van der Waals surface area (Å²) >= 11 is 0. The Kier molecular flexibility index (Phi) is 3.95. The molecule has 0 spiro atoms. The molecule has 0 saturated carbocycles. The Morgan fingerprint density at radius 3 is 2.33 bits per heavy atom. The summed E-state index contributed by atoms with van der Waals surface area (Å²) in [6.07, 6.45) is 4.49. The topological polar surface area (TPSA) is 101 Å². The third-order valence-corrected chi connectivity index (χ3v) is 4.05. The van der Waals surface area contributed by atoms with Gasteiger partial charge in [0.05, 0.1) is 0 Å². The molecule has 2 atom stereocenters. The Labute approximate surface area is 122 Å². The molecule has 5 heteroatoms. The van der Waals surface area contributed by atoms with Crippen LogP contribution < -0.4 is 5.73 Å². The van der Waals surface area contributed by atoms with Crippen LogP contribution in [0, 0.1) is 5.92 Å². The first-order valence-electron chi connectivity index (χ1n) is 6.59. The zero-order valence-corrected chi connectivity index (χ0v) is 11.6. The normalized spacial score (nSPS) is 24.5. The molecule has 0 fully saturated rings. The largest absolute Gasteiger partial charge is 0.480 e. The molecule has 110 valence electrons. The third-order valence-electron chi connectivity index (χ3n) is 4.05. The number of hydrogen-bond donors (Lipinski definition) is 3. The van der Waals surface area contributed by atoms with Crippen molar-refractivity contribution in [1.29, 1.82) is 0 Å². The maximum absolute atomic E-state index is 11.9. The minimum atomic E-state index is -1.38. The monoisotopic (exact) mass is 287 g/mol. The van der Waals surface area contributed by atoms with Crippen LogP contribution in [0.2, 0.25) is 0 Å². The van der Waals surface area contributed by atoms with Crippen LogP contribution in [0.3, 0.4) is 0 Å². The maximum atomic E-state index is 11.9. The number of benzene rings is 1. The molecular formula is C16H17NO4. The molecule has 1 aromatic carbocycles. The molecule has 0 saturated heterocycles. The van der Waals surface area contributed by atoms with Crippen LogP contribution in [0.5, 0.6) is 0 Å². The fraction of sp³-hybridized carbons (Fsp3) is 0.250. The van der Waals surface area contributed by atoms with Crippen LogP contribution in [0.25, 0.3) is 0 Å². The second-order valence-corrected chi connectivity index (χ2v) is 5.08. The summed E-state index contributed by atoms with van der Waals surface area (Å²) in [5.41, 5.74) is 5.68. The number of hydrogen-bond acceptors (Lipinski definition) is 3. The molecule has 0 aromatic heterocycles. The summed E-state index contributed by atoms with van der Waals surface area (Å²) in [6.45, 7) is 1.99. The Bertz CT molecular complexity index is 630. The van der Waals surface area contributed by atoms with Crippen molar-refractivity contribution in [1.82, 2.24) is 0 Å². The summed E-state index contributed by atoms with van der Waals surface area (Å²) in [5, 5.41) is 19.0. The van der Waals surface area contributed by atoms with Gasteiger partial charge in [-0.2, -0.15) is 0 Å². The predicted octanol–water partition coefficient (Wildman–Crippen LogP) is 1.68. The lowest BCUT2D eigenvalue weighted by atomic mass is 9.66. The van der Waals surface area contributed by atoms with Gasteiger partial charge in [0, 0.05) is 18.0 Å². The highest BCUT2D eigenvalue weighted by Crippen LogP contribution is 2.41. The summed E-state index contributed by atoms with van der Waals surface area (Å²) in [4.78, 5) is 23.2. The van der Waals surface area contributed by atoms with Gasteiger partial charge in [0.25, 0.3) is 0 Å². The van der Waals surface area contributed by atoms with Crippen LogP contribution in [-0.2, 0) is 21.5 Å². The Morgan fingerprint density at radius 2 is 1.86 bits per heavy atom. The van der Waals surface area contributed by atoms with Crippen molar-refractivity contribution in [2.45, 2.75) is 18.9 Å². The van der Waals surface area contributed by atoms with Crippen molar-refractivity contribution < 1.29 is 19.8 Å². The van der Waals surface area contributed by atoms with Crippen molar-refractivity contribution in [2.75, 3.05) is 0 Å². The summed E-state index contributed by atoms with van der Waals surface area (Å²) in [7, 11) is 0. The predicted molar refractivity (Wildman–Crippen MR) is 77.7 cm³/mol. The highest BCUT2D eigenvalue weighted by molar-refractivity contribution is 5.93. The zero-order valence-electron chi connectivity index (χ0n) is 11.6. The van der Waals surface area contributed by atoms with Crippen molar-refractivity contribution in [2.24, 2.45) is 11.7 Å². The standard InChI is InChI=1S/C16H17NO4/c1-10-13(14(18)19)3-2-8-16(10,15(20)21)12-6-4-11(9-17)5-7-12/h2-8,10H,9,17H2,1H3,(H,18,19)(H,20,21). The molecule has 1 aromatic rings. The molecule has 21 heavy (non-hydrogen) atoms. The Morgan fingerprint density at radius 1 is 1.24 bits per heavy atom. The van der Waals surface area contributed by atoms with Gasteiger partial charge in [0.1, 0.15) is 5.41 Å². The number of carbonyl (C=O) groups is 2. The number of carboxylic acids is 2. The van der Waals surface area contributed by atoms with Gasteiger partial charge in [0.2, 0.25) is 0 Å². The maximum Gasteiger partial charge on any atom is 0.331 e. The number of aliphatic carboxylic acids is 2. The molecule has 0 amide bonds. The highest BCUT2D eigenvalue weighted by atomic mass is 16.4. The van der Waals surface area contributed by atoms with Gasteiger partial charge in [0.15, 0.2) is 0 Å². The van der Waals surface area contributed by atoms with Crippen molar-refractivity contribution >= 4 is 11.9 Å². The molecular weight excluding hydrogens is 270 g/mol. The zero-order chi connectivity index (χ0) is 15.6. The van der Waals surface area contributed by atoms with Crippen LogP contribution >= 0.6 is 0 Å². The molecule has 4 N–H and O–H groups in total. The molecule has 0 heterocycles. The van der Waals surface area contributed by atoms with Crippen molar-refractivity contribution in [3.63, 3.8) is 0 Å². The van der Waals surface area contributed by atoms with E-state index in [1.54, 1.807) is 37.3 Å². The van der Waals surface area contributed by atoms with E-state index in [1.807, 2.05) is 0 Å². The number of rotatable bonds is 4. The lowest BCUT2D eigenvalue weighted by molar-refractivity contribution is -0.143. The average molecular weight is 287 g/mol. The van der Waals surface area contributed by atoms with Gasteiger partial charge in [-0.1, -0.05) is 49.4 Å². The quantitative estimate of drug-likeness (QED) is 0.782. The highest BCUT2D eigenvalue weighted by Gasteiger charge is 2.47. The first-order valence-corrected chi connectivity index (χ1v) is 6.59. The molecule has 1 aliphatic carbocycles. The van der Waals surface area contributed by atoms with E-state index in [0.29, 0.717) is 12.1 Å². The van der Waals surface area contributed by atoms with E-state index in [9.17, 15) is 19.8 Å². The van der Waals surface area contributed by atoms with E-state index in [-0.39, 0.29) is 5.57 Å². The van der Waals surface area contributed by atoms with E-state index in [2.05, 4.69) is 0 Å². The first kappa shape index (κ1) is 15.0. The second kappa shape index (κ2) is 5.54. The van der Waals surface area contributed by atoms with E-state index in [4.69, 9.17) is 5.73 Å². The summed E-state index contributed by atoms with van der Waals surface area (Å²) in [5.74, 6) is -2.85. The molecule has 2 rings (SSSR count). The average Bonchev–Trinajstić information content (AvgIpc) is 2.47. The van der Waals surface area contributed by atoms with Gasteiger partial charge in [-0.05, 0) is 11.1 Å². The molecule has 5 nitrogen and oxygen atoms in total. The van der Waals surface area contributed by atoms with Crippen LogP contribution in [-0.4, -0.2) is 22.2 Å². The number of allylic oxidation sites excluding steroid dienone is 2. The third kappa shape index (κ3) is 2.36. The number of nitrogens with two attached hydrogens (primary N) is 1. The van der Waals surface area contributed by atoms with E-state index < -0.39 is 23.3 Å². The van der Waals surface area contributed by atoms with E-state index >= 15 is 0 Å². The van der Waals surface area contributed by atoms with Gasteiger partial charge in [-0.25, -0.2) is 4.79 Å². The molecule has 0 aliphatic heterocycles. The Hall–Kier alpha value is -2.40. The molecule has 0 radical (unpaired) electrons. The summed E-state index contributed by atoms with van der Waals surface area (Å²) in [6, 6.07) is 6.92. The van der Waals surface area contributed by atoms with E-state index in [0.717, 1.165) is 5.56 Å². The smallest absolute Gasteiger partial charge is 0.331 e. The van der Waals surface area contributed by atoms with Gasteiger partial charge in [-0.3, -0.25) is 4.79 Å². The van der Waals surface area contributed by atoms with Gasteiger partial charge < -0.3 is 15.9 Å². The number of carboxylic acid groups (broad SMARTS) is 2. The lowest BCUT2D eigenvalue weighted by Gasteiger charge is -2.35. The van der Waals surface area contributed by atoms with Gasteiger partial charge in [-0.15, -0.1) is 0 Å². The SMILES string of the molecule is CC1C(C(=O)O)=CC=CC1(C(=O)O)c1ccc(CN)cc1. The Balaban J connectivity index is 2.56. The van der Waals surface area contributed by atoms with Crippen LogP contribution in [0.4, 0.5) is 0 Å². The molecule has 2 unspecified atom stereocenters. The molecule has 0 bridgehead atoms. The van der Waals surface area contributed by atoms with Gasteiger partial charge >= 0.3 is 11.9 Å². The minimum absolute atomic E-state index is 0.0859. The van der Waals surface area contributed by atoms with Crippen LogP contribution in [0.15, 0.2) is 48.1 Å². The van der Waals surface area contributed by atoms with E-state index in [1.165, 1.54) is 12.2 Å². The molecule has 1 aliphatic rings. The van der Waals surface area contributed by atoms with Crippen LogP contribution in [0.1, 0.15) is 18.1 Å². The fourth-order valence-electron chi connectivity index (χ4n) is 2.74. The second-order valence-electron chi connectivity index (χ2n) is 5.08. The van der Waals surface area contributed by atoms with Crippen molar-refractivity contribution in [3.8, 4) is 0 Å². The fourth-order valence-corrected chi connectivity index (χ4v) is 2.74. The lowest BCUT2D eigenvalue weighted by Crippen LogP contribution is -2.43.